The number of aliphatic imine (C=N–C) groups is 1. The fourth-order valence-electron chi connectivity index (χ4n) is 5.99. The number of ether oxygens (including phenoxy) is 8. The van der Waals surface area contributed by atoms with Crippen LogP contribution in [0.2, 0.25) is 0 Å². The third kappa shape index (κ3) is 31.7. The van der Waals surface area contributed by atoms with Gasteiger partial charge in [-0.2, -0.15) is 5.10 Å². The number of aromatic nitrogens is 2. The molecule has 0 bridgehead atoms. The number of hydrazone groups is 1. The fourth-order valence-corrected chi connectivity index (χ4v) is 5.99. The highest BCUT2D eigenvalue weighted by Crippen LogP contribution is 2.28. The maximum atomic E-state index is 12.4. The number of carboxylic acid groups (broad SMARTS) is 3. The van der Waals surface area contributed by atoms with Crippen LogP contribution < -0.4 is 32.4 Å². The smallest absolute Gasteiger partial charge is 0.419 e. The van der Waals surface area contributed by atoms with Gasteiger partial charge in [0.1, 0.15) is 30.7 Å². The maximum absolute atomic E-state index is 12.4. The summed E-state index contributed by atoms with van der Waals surface area (Å²) in [5, 5.41) is 65.4. The summed E-state index contributed by atoms with van der Waals surface area (Å²) in [4.78, 5) is 99.1. The molecule has 10 N–H and O–H groups in total. The number of nitrogens with zero attached hydrogens (tertiary/aromatic N) is 6. The van der Waals surface area contributed by atoms with Crippen LogP contribution in [0.3, 0.4) is 0 Å². The monoisotopic (exact) mass is 1100 g/mol. The van der Waals surface area contributed by atoms with E-state index in [2.05, 4.69) is 41.7 Å². The summed E-state index contributed by atoms with van der Waals surface area (Å²) >= 11 is 0. The number of carbonyl (C=O) groups excluding carboxylic acids is 3. The number of unbranched alkanes of at least 4 members (excludes halogenated alkanes) is 1. The molecule has 4 amide bonds. The largest absolute Gasteiger partial charge is 0.481 e. The van der Waals surface area contributed by atoms with Crippen LogP contribution in [0.4, 0.5) is 31.4 Å². The number of carbonyl (C=O) groups is 6. The van der Waals surface area contributed by atoms with Gasteiger partial charge < -0.3 is 85.6 Å². The summed E-state index contributed by atoms with van der Waals surface area (Å²) < 4.78 is 44.5. The van der Waals surface area contributed by atoms with E-state index < -0.39 is 75.8 Å². The maximum Gasteiger partial charge on any atom is 0.419 e. The van der Waals surface area contributed by atoms with Crippen molar-refractivity contribution in [2.24, 2.45) is 15.9 Å². The normalized spacial score (nSPS) is 12.1. The van der Waals surface area contributed by atoms with Crippen molar-refractivity contribution in [3.8, 4) is 0 Å². The van der Waals surface area contributed by atoms with Crippen molar-refractivity contribution in [1.29, 1.82) is 0 Å². The highest BCUT2D eigenvalue weighted by atomic mass is 16.6. The Morgan fingerprint density at radius 1 is 0.701 bits per heavy atom. The molecule has 1 heterocycles. The van der Waals surface area contributed by atoms with Crippen molar-refractivity contribution in [3.05, 3.63) is 56.6 Å². The van der Waals surface area contributed by atoms with Crippen LogP contribution in [0.1, 0.15) is 37.8 Å². The Kier molecular flexibility index (Phi) is 34.5. The van der Waals surface area contributed by atoms with E-state index >= 15 is 0 Å². The van der Waals surface area contributed by atoms with Gasteiger partial charge in [0, 0.05) is 51.0 Å². The third-order valence-corrected chi connectivity index (χ3v) is 9.87. The number of anilines is 1. The topological polar surface area (TPSA) is 452 Å². The minimum Gasteiger partial charge on any atom is -0.481 e. The van der Waals surface area contributed by atoms with Gasteiger partial charge in [-0.05, 0) is 31.7 Å². The van der Waals surface area contributed by atoms with Gasteiger partial charge in [-0.25, -0.2) is 33.5 Å². The second-order valence-electron chi connectivity index (χ2n) is 15.7. The van der Waals surface area contributed by atoms with Gasteiger partial charge in [0.2, 0.25) is 0 Å². The van der Waals surface area contributed by atoms with Gasteiger partial charge in [0.25, 0.3) is 11.4 Å². The molecular formula is C44H68N12O21. The Balaban J connectivity index is 1.33. The van der Waals surface area contributed by atoms with Crippen molar-refractivity contribution in [3.63, 3.8) is 0 Å². The molecule has 2 atom stereocenters. The first kappa shape index (κ1) is 65.4. The quantitative estimate of drug-likeness (QED) is 0.0142. The van der Waals surface area contributed by atoms with Crippen LogP contribution in [-0.2, 0) is 58.7 Å². The highest BCUT2D eigenvalue weighted by Gasteiger charge is 2.25. The molecular weight excluding hydrogens is 1030 g/mol. The molecule has 430 valence electrons. The van der Waals surface area contributed by atoms with Crippen molar-refractivity contribution >= 4 is 65.1 Å². The lowest BCUT2D eigenvalue weighted by Crippen LogP contribution is -2.51. The highest BCUT2D eigenvalue weighted by molar-refractivity contribution is 6.32. The van der Waals surface area contributed by atoms with Crippen LogP contribution >= 0.6 is 0 Å². The molecule has 0 saturated carbocycles. The van der Waals surface area contributed by atoms with E-state index in [4.69, 9.17) is 54.0 Å². The number of amides is 4. The SMILES string of the molecule is NN=C(C=NCCc1cn(C(=O)OCCOCCOCCOCCOCCOCCOCCOCCNC(=O)NCCCCC(NC(=O)NC(CCC(=O)O)C(=O)O)C(=O)O)cn1)CNc1ccc([N+](=O)[O-])cc1[N+](=O)[O-]. The zero-order valence-corrected chi connectivity index (χ0v) is 42.2. The Labute approximate surface area is 440 Å². The number of nitro groups is 2. The third-order valence-electron chi connectivity index (χ3n) is 9.87. The van der Waals surface area contributed by atoms with E-state index in [-0.39, 0.29) is 76.8 Å². The number of imidazole rings is 1. The Bertz CT molecular complexity index is 2180. The van der Waals surface area contributed by atoms with Crippen molar-refractivity contribution in [2.45, 2.75) is 50.6 Å². The summed E-state index contributed by atoms with van der Waals surface area (Å²) in [7, 11) is 0. The lowest BCUT2D eigenvalue weighted by molar-refractivity contribution is -0.393. The van der Waals surface area contributed by atoms with Gasteiger partial charge in [-0.15, -0.1) is 0 Å². The molecule has 0 aliphatic carbocycles. The molecule has 0 fully saturated rings. The zero-order valence-electron chi connectivity index (χ0n) is 42.2. The van der Waals surface area contributed by atoms with Gasteiger partial charge >= 0.3 is 36.1 Å². The van der Waals surface area contributed by atoms with Crippen molar-refractivity contribution in [2.75, 3.05) is 131 Å². The van der Waals surface area contributed by atoms with Crippen molar-refractivity contribution in [1.82, 2.24) is 30.8 Å². The van der Waals surface area contributed by atoms with Crippen molar-refractivity contribution < 1.29 is 91.8 Å². The number of aliphatic carboxylic acids is 3. The Hall–Kier alpha value is -7.69. The number of nitrogens with two attached hydrogens (primary N) is 1. The molecule has 0 saturated heterocycles. The summed E-state index contributed by atoms with van der Waals surface area (Å²) in [6.45, 7) is 5.21. The number of benzene rings is 1. The van der Waals surface area contributed by atoms with Crippen LogP contribution in [-0.4, -0.2) is 220 Å². The molecule has 0 radical (unpaired) electrons. The summed E-state index contributed by atoms with van der Waals surface area (Å²) in [6.07, 6.45) is 3.72. The van der Waals surface area contributed by atoms with E-state index in [0.29, 0.717) is 97.6 Å². The van der Waals surface area contributed by atoms with E-state index in [1.807, 2.05) is 0 Å². The first-order valence-electron chi connectivity index (χ1n) is 24.0. The Morgan fingerprint density at radius 3 is 1.75 bits per heavy atom. The Morgan fingerprint density at radius 2 is 1.23 bits per heavy atom. The minimum atomic E-state index is -1.50. The standard InChI is InChI=1S/C44H68N12O21/c45-53-33(29-49-35-5-4-34(55(66)67)27-38(35)56(68)69)28-46-10-8-32-30-54(31-50-32)44(65)77-26-25-76-24-23-75-22-21-74-20-19-73-18-17-72-16-15-71-14-13-70-12-11-48-42(63)47-9-2-1-3-36(40(59)60)51-43(64)52-37(41(61)62)6-7-39(57)58/h4-5,27-28,30-31,36-37,49H,1-3,6-26,29,45H2,(H,57,58)(H,59,60)(H,61,62)(H2,47,48,63)(H2,51,52,64). The first-order chi connectivity index (χ1) is 37.1. The van der Waals surface area contributed by atoms with Gasteiger partial charge in [0.15, 0.2) is 0 Å². The number of non-ortho nitro benzene ring substituents is 1. The number of rotatable bonds is 45. The fraction of sp³-hybridized carbons (Fsp3) is 0.614. The van der Waals surface area contributed by atoms with Gasteiger partial charge in [0.05, 0.1) is 126 Å². The molecule has 1 aromatic carbocycles. The average Bonchev–Trinajstić information content (AvgIpc) is 3.88. The number of nitrogens with one attached hydrogen (secondary N) is 5. The summed E-state index contributed by atoms with van der Waals surface area (Å²) in [5.74, 6) is 1.36. The predicted molar refractivity (Wildman–Crippen MR) is 268 cm³/mol. The molecule has 33 heteroatoms. The molecule has 33 nitrogen and oxygen atoms in total. The summed E-state index contributed by atoms with van der Waals surface area (Å²) in [5.41, 5.74) is -0.0561. The van der Waals surface area contributed by atoms with Crippen LogP contribution in [0.5, 0.6) is 0 Å². The number of nitro benzene ring substituents is 2. The number of hydrogen-bond donors (Lipinski definition) is 9. The van der Waals surface area contributed by atoms with E-state index in [1.165, 1.54) is 29.4 Å². The second-order valence-corrected chi connectivity index (χ2v) is 15.7. The van der Waals surface area contributed by atoms with Crippen LogP contribution in [0, 0.1) is 20.2 Å². The van der Waals surface area contributed by atoms with Crippen LogP contribution in [0.25, 0.3) is 0 Å². The lowest BCUT2D eigenvalue weighted by atomic mass is 10.1. The molecule has 2 rings (SSSR count). The molecule has 77 heavy (non-hydrogen) atoms. The first-order valence-corrected chi connectivity index (χ1v) is 24.0. The van der Waals surface area contributed by atoms with Gasteiger partial charge in [-0.3, -0.25) is 30.0 Å². The van der Waals surface area contributed by atoms with Crippen LogP contribution in [0.15, 0.2) is 40.8 Å². The molecule has 0 aliphatic rings. The van der Waals surface area contributed by atoms with E-state index in [0.717, 1.165) is 12.1 Å². The zero-order chi connectivity index (χ0) is 56.5. The van der Waals surface area contributed by atoms with Gasteiger partial charge in [-0.1, -0.05) is 0 Å². The second kappa shape index (κ2) is 40.6. The average molecular weight is 1100 g/mol. The van der Waals surface area contributed by atoms with E-state index in [1.54, 1.807) is 0 Å². The molecule has 2 aromatic rings. The molecule has 1 aromatic heterocycles. The number of urea groups is 2. The van der Waals surface area contributed by atoms with E-state index in [9.17, 15) is 54.1 Å². The predicted octanol–water partition coefficient (Wildman–Crippen LogP) is 0.380. The minimum absolute atomic E-state index is 0.00141. The molecule has 2 unspecified atom stereocenters. The molecule has 0 spiro atoms. The summed E-state index contributed by atoms with van der Waals surface area (Å²) in [6, 6.07) is -1.14. The number of hydrogen-bond acceptors (Lipinski definition) is 23. The number of carboxylic acids is 3. The lowest BCUT2D eigenvalue weighted by Gasteiger charge is -2.18. The molecule has 0 aliphatic heterocycles.